The number of carbonyl (C=O) groups is 1. The number of anilines is 1. The molecule has 0 radical (unpaired) electrons. The summed E-state index contributed by atoms with van der Waals surface area (Å²) in [6.07, 6.45) is 0. The Hall–Kier alpha value is -2.34. The molecule has 2 aromatic rings. The van der Waals surface area contributed by atoms with E-state index in [1.807, 2.05) is 0 Å². The summed E-state index contributed by atoms with van der Waals surface area (Å²) in [6.45, 7) is 1.76. The number of aryl methyl sites for hydroxylation is 1. The van der Waals surface area contributed by atoms with Gasteiger partial charge in [-0.05, 0) is 36.8 Å². The molecule has 21 heavy (non-hydrogen) atoms. The Morgan fingerprint density at radius 1 is 1.05 bits per heavy atom. The lowest BCUT2D eigenvalue weighted by Gasteiger charge is -2.10. The molecule has 0 aliphatic carbocycles. The van der Waals surface area contributed by atoms with Gasteiger partial charge in [0.2, 0.25) is 0 Å². The van der Waals surface area contributed by atoms with Crippen molar-refractivity contribution in [2.45, 2.75) is 11.8 Å². The zero-order valence-corrected chi connectivity index (χ0v) is 12.6. The summed E-state index contributed by atoms with van der Waals surface area (Å²) in [5.74, 6) is -0.315. The first-order valence-electron chi connectivity index (χ1n) is 6.34. The summed E-state index contributed by atoms with van der Waals surface area (Å²) >= 11 is 0. The smallest absolute Gasteiger partial charge is 0.261 e. The van der Waals surface area contributed by atoms with E-state index in [-0.39, 0.29) is 10.8 Å². The maximum atomic E-state index is 12.3. The highest BCUT2D eigenvalue weighted by Crippen LogP contribution is 2.19. The van der Waals surface area contributed by atoms with Crippen molar-refractivity contribution in [3.63, 3.8) is 0 Å². The van der Waals surface area contributed by atoms with Crippen molar-refractivity contribution >= 4 is 21.6 Å². The van der Waals surface area contributed by atoms with Gasteiger partial charge in [0.25, 0.3) is 15.9 Å². The van der Waals surface area contributed by atoms with E-state index < -0.39 is 10.0 Å². The van der Waals surface area contributed by atoms with Crippen molar-refractivity contribution in [1.82, 2.24) is 5.32 Å². The molecule has 0 aromatic heterocycles. The molecule has 0 spiro atoms. The molecule has 0 atom stereocenters. The molecular weight excluding hydrogens is 288 g/mol. The number of amides is 1. The number of para-hydroxylation sites is 1. The fourth-order valence-corrected chi connectivity index (χ4v) is 2.95. The zero-order chi connectivity index (χ0) is 15.5. The Kier molecular flexibility index (Phi) is 4.28. The maximum Gasteiger partial charge on any atom is 0.261 e. The average Bonchev–Trinajstić information content (AvgIpc) is 2.47. The lowest BCUT2D eigenvalue weighted by Crippen LogP contribution is -2.20. The Morgan fingerprint density at radius 3 is 2.33 bits per heavy atom. The highest BCUT2D eigenvalue weighted by Gasteiger charge is 2.17. The fraction of sp³-hybridized carbons (Fsp3) is 0.133. The molecule has 2 rings (SSSR count). The van der Waals surface area contributed by atoms with Gasteiger partial charge in [-0.2, -0.15) is 0 Å². The van der Waals surface area contributed by atoms with Crippen molar-refractivity contribution in [2.75, 3.05) is 11.8 Å². The first kappa shape index (κ1) is 15.1. The van der Waals surface area contributed by atoms with E-state index in [4.69, 9.17) is 0 Å². The Balaban J connectivity index is 2.39. The molecule has 0 aliphatic rings. The number of hydrogen-bond donors (Lipinski definition) is 2. The predicted molar refractivity (Wildman–Crippen MR) is 81.8 cm³/mol. The van der Waals surface area contributed by atoms with E-state index in [1.165, 1.54) is 19.2 Å². The minimum atomic E-state index is -3.72. The van der Waals surface area contributed by atoms with Crippen LogP contribution in [-0.2, 0) is 10.0 Å². The Labute approximate surface area is 124 Å². The second-order valence-electron chi connectivity index (χ2n) is 4.53. The third-order valence-electron chi connectivity index (χ3n) is 3.02. The summed E-state index contributed by atoms with van der Waals surface area (Å²) in [7, 11) is -2.22. The van der Waals surface area contributed by atoms with Crippen LogP contribution in [0.1, 0.15) is 15.9 Å². The van der Waals surface area contributed by atoms with Crippen LogP contribution in [0.2, 0.25) is 0 Å². The molecule has 0 unspecified atom stereocenters. The number of benzene rings is 2. The normalized spacial score (nSPS) is 11.0. The summed E-state index contributed by atoms with van der Waals surface area (Å²) in [5, 5.41) is 2.50. The first-order chi connectivity index (χ1) is 9.94. The van der Waals surface area contributed by atoms with Gasteiger partial charge in [0.15, 0.2) is 0 Å². The van der Waals surface area contributed by atoms with Crippen molar-refractivity contribution in [1.29, 1.82) is 0 Å². The van der Waals surface area contributed by atoms with Gasteiger partial charge in [0, 0.05) is 18.3 Å². The SMILES string of the molecule is CNC(=O)c1cc(S(=O)(=O)Nc2ccccc2)ccc1C. The standard InChI is InChI=1S/C15H16N2O3S/c1-11-8-9-13(10-14(11)15(18)16-2)21(19,20)17-12-6-4-3-5-7-12/h3-10,17H,1-2H3,(H,16,18). The predicted octanol–water partition coefficient (Wildman–Crippen LogP) is 2.16. The second kappa shape index (κ2) is 5.97. The molecule has 2 N–H and O–H groups in total. The van der Waals surface area contributed by atoms with Crippen LogP contribution in [-0.4, -0.2) is 21.4 Å². The third-order valence-corrected chi connectivity index (χ3v) is 4.40. The van der Waals surface area contributed by atoms with Crippen LogP contribution in [0.3, 0.4) is 0 Å². The largest absolute Gasteiger partial charge is 0.355 e. The lowest BCUT2D eigenvalue weighted by molar-refractivity contribution is 0.0962. The molecule has 6 heteroatoms. The van der Waals surface area contributed by atoms with Crippen LogP contribution in [0.5, 0.6) is 0 Å². The minimum Gasteiger partial charge on any atom is -0.355 e. The number of hydrogen-bond acceptors (Lipinski definition) is 3. The van der Waals surface area contributed by atoms with E-state index in [0.717, 1.165) is 0 Å². The molecule has 0 saturated heterocycles. The van der Waals surface area contributed by atoms with E-state index in [0.29, 0.717) is 16.8 Å². The molecule has 0 fully saturated rings. The van der Waals surface area contributed by atoms with Gasteiger partial charge in [-0.25, -0.2) is 8.42 Å². The first-order valence-corrected chi connectivity index (χ1v) is 7.83. The van der Waals surface area contributed by atoms with Gasteiger partial charge in [-0.1, -0.05) is 24.3 Å². The molecule has 0 aliphatic heterocycles. The van der Waals surface area contributed by atoms with E-state index in [2.05, 4.69) is 10.0 Å². The van der Waals surface area contributed by atoms with Crippen LogP contribution >= 0.6 is 0 Å². The van der Waals surface area contributed by atoms with Crippen LogP contribution < -0.4 is 10.0 Å². The van der Waals surface area contributed by atoms with Crippen LogP contribution in [0.4, 0.5) is 5.69 Å². The molecule has 0 bridgehead atoms. The quantitative estimate of drug-likeness (QED) is 0.909. The van der Waals surface area contributed by atoms with Crippen molar-refractivity contribution in [2.24, 2.45) is 0 Å². The molecule has 2 aromatic carbocycles. The number of carbonyl (C=O) groups excluding carboxylic acids is 1. The summed E-state index contributed by atoms with van der Waals surface area (Å²) < 4.78 is 27.1. The zero-order valence-electron chi connectivity index (χ0n) is 11.8. The van der Waals surface area contributed by atoms with E-state index >= 15 is 0 Å². The van der Waals surface area contributed by atoms with Crippen molar-refractivity contribution in [3.8, 4) is 0 Å². The van der Waals surface area contributed by atoms with Crippen LogP contribution in [0, 0.1) is 6.92 Å². The van der Waals surface area contributed by atoms with Gasteiger partial charge in [0.1, 0.15) is 0 Å². The highest BCUT2D eigenvalue weighted by molar-refractivity contribution is 7.92. The summed E-state index contributed by atoms with van der Waals surface area (Å²) in [4.78, 5) is 11.8. The van der Waals surface area contributed by atoms with Gasteiger partial charge >= 0.3 is 0 Å². The Bertz CT molecular complexity index is 756. The van der Waals surface area contributed by atoms with Gasteiger partial charge in [-0.15, -0.1) is 0 Å². The monoisotopic (exact) mass is 304 g/mol. The Morgan fingerprint density at radius 2 is 1.71 bits per heavy atom. The van der Waals surface area contributed by atoms with Gasteiger partial charge < -0.3 is 5.32 Å². The molecule has 0 heterocycles. The number of sulfonamides is 1. The van der Waals surface area contributed by atoms with E-state index in [1.54, 1.807) is 43.3 Å². The van der Waals surface area contributed by atoms with Crippen LogP contribution in [0.25, 0.3) is 0 Å². The van der Waals surface area contributed by atoms with E-state index in [9.17, 15) is 13.2 Å². The minimum absolute atomic E-state index is 0.0514. The molecular formula is C15H16N2O3S. The molecule has 0 saturated carbocycles. The number of rotatable bonds is 4. The highest BCUT2D eigenvalue weighted by atomic mass is 32.2. The van der Waals surface area contributed by atoms with Crippen molar-refractivity contribution in [3.05, 3.63) is 59.7 Å². The lowest BCUT2D eigenvalue weighted by atomic mass is 10.1. The van der Waals surface area contributed by atoms with Gasteiger partial charge in [-0.3, -0.25) is 9.52 Å². The molecule has 5 nitrogen and oxygen atoms in total. The number of nitrogens with one attached hydrogen (secondary N) is 2. The average molecular weight is 304 g/mol. The fourth-order valence-electron chi connectivity index (χ4n) is 1.87. The molecule has 110 valence electrons. The summed E-state index contributed by atoms with van der Waals surface area (Å²) in [6, 6.07) is 13.1. The topological polar surface area (TPSA) is 75.3 Å². The van der Waals surface area contributed by atoms with Gasteiger partial charge in [0.05, 0.1) is 4.90 Å². The van der Waals surface area contributed by atoms with Crippen molar-refractivity contribution < 1.29 is 13.2 Å². The molecule has 1 amide bonds. The maximum absolute atomic E-state index is 12.3. The third kappa shape index (κ3) is 3.41. The van der Waals surface area contributed by atoms with Crippen LogP contribution in [0.15, 0.2) is 53.4 Å². The second-order valence-corrected chi connectivity index (χ2v) is 6.21. The summed E-state index contributed by atoms with van der Waals surface area (Å²) in [5.41, 5.74) is 1.53.